The molecule has 1 aliphatic heterocycles. The van der Waals surface area contributed by atoms with Gasteiger partial charge in [0.15, 0.2) is 0 Å². The Morgan fingerprint density at radius 1 is 1.11 bits per heavy atom. The van der Waals surface area contributed by atoms with E-state index in [1.165, 1.54) is 25.7 Å². The second-order valence-corrected chi connectivity index (χ2v) is 10.1. The molecule has 0 spiro atoms. The van der Waals surface area contributed by atoms with E-state index in [9.17, 15) is 4.79 Å². The zero-order valence-corrected chi connectivity index (χ0v) is 19.4. The molecule has 2 unspecified atom stereocenters. The van der Waals surface area contributed by atoms with Crippen molar-refractivity contribution in [1.82, 2.24) is 29.4 Å². The summed E-state index contributed by atoms with van der Waals surface area (Å²) in [5.74, 6) is 2.51. The lowest BCUT2D eigenvalue weighted by atomic mass is 9.95. The second-order valence-electron chi connectivity index (χ2n) is 10.1. The van der Waals surface area contributed by atoms with Crippen LogP contribution in [0.15, 0.2) is 36.8 Å². The molecule has 4 aromatic rings. The van der Waals surface area contributed by atoms with Crippen LogP contribution in [0.2, 0.25) is 0 Å². The maximum absolute atomic E-state index is 11.8. The number of pyridine rings is 2. The average molecular weight is 470 g/mol. The van der Waals surface area contributed by atoms with Crippen molar-refractivity contribution in [2.24, 2.45) is 11.8 Å². The molecule has 5 heterocycles. The van der Waals surface area contributed by atoms with Gasteiger partial charge in [-0.15, -0.1) is 0 Å². The quantitative estimate of drug-likeness (QED) is 0.472. The summed E-state index contributed by atoms with van der Waals surface area (Å²) in [6.07, 6.45) is 11.6. The van der Waals surface area contributed by atoms with Crippen molar-refractivity contribution < 1.29 is 9.90 Å². The minimum absolute atomic E-state index is 0.249. The Bertz CT molecular complexity index is 1470. The fourth-order valence-corrected chi connectivity index (χ4v) is 6.50. The Hall–Kier alpha value is -3.59. The van der Waals surface area contributed by atoms with Crippen molar-refractivity contribution in [2.75, 3.05) is 18.5 Å². The Morgan fingerprint density at radius 2 is 2.06 bits per heavy atom. The van der Waals surface area contributed by atoms with E-state index in [2.05, 4.69) is 25.9 Å². The third-order valence-electron chi connectivity index (χ3n) is 8.16. The number of amides is 1. The molecule has 0 radical (unpaired) electrons. The summed E-state index contributed by atoms with van der Waals surface area (Å²) in [7, 11) is 0. The highest BCUT2D eigenvalue weighted by Gasteiger charge is 2.41. The summed E-state index contributed by atoms with van der Waals surface area (Å²) >= 11 is 0. The molecule has 2 fully saturated rings. The number of hydrogen-bond donors (Lipinski definition) is 2. The van der Waals surface area contributed by atoms with Gasteiger partial charge in [-0.3, -0.25) is 9.78 Å². The molecular weight excluding hydrogens is 442 g/mol. The standard InChI is InChI=1S/C26H27N7O2/c34-14-24(35)32-8-6-20-17(13-32)3-4-23(29-20)30-26-28-11-19-18-5-7-27-12-22(18)33(25(19)31-26)21-10-15-1-2-16(21)9-15/h3-5,7,11-12,15-16,21,34H,1-2,6,8-10,13-14H2,(H,28,29,30,31)/t15?,16-,21?/m1/s1. The summed E-state index contributed by atoms with van der Waals surface area (Å²) in [4.78, 5) is 32.3. The summed E-state index contributed by atoms with van der Waals surface area (Å²) < 4.78 is 2.42. The molecular formula is C26H27N7O2. The van der Waals surface area contributed by atoms with Crippen LogP contribution < -0.4 is 5.32 Å². The first-order chi connectivity index (χ1) is 17.2. The lowest BCUT2D eigenvalue weighted by molar-refractivity contribution is -0.135. The van der Waals surface area contributed by atoms with Gasteiger partial charge in [-0.2, -0.15) is 4.98 Å². The normalized spacial score (nSPS) is 23.2. The van der Waals surface area contributed by atoms with Crippen molar-refractivity contribution in [3.05, 3.63) is 48.0 Å². The van der Waals surface area contributed by atoms with Crippen molar-refractivity contribution >= 4 is 39.6 Å². The van der Waals surface area contributed by atoms with E-state index in [0.717, 1.165) is 39.1 Å². The molecule has 2 N–H and O–H groups in total. The van der Waals surface area contributed by atoms with Crippen LogP contribution in [0.3, 0.4) is 0 Å². The van der Waals surface area contributed by atoms with Crippen LogP contribution in [0.5, 0.6) is 0 Å². The number of aliphatic hydroxyl groups excluding tert-OH is 1. The molecule has 4 aromatic heterocycles. The Balaban J connectivity index is 1.23. The molecule has 9 nitrogen and oxygen atoms in total. The minimum atomic E-state index is -0.461. The molecule has 7 rings (SSSR count). The Labute approximate surface area is 202 Å². The first-order valence-electron chi connectivity index (χ1n) is 12.4. The predicted octanol–water partition coefficient (Wildman–Crippen LogP) is 3.36. The van der Waals surface area contributed by atoms with Gasteiger partial charge in [0.25, 0.3) is 0 Å². The number of nitrogens with zero attached hydrogens (tertiary/aromatic N) is 6. The maximum atomic E-state index is 11.8. The molecule has 0 aromatic carbocycles. The van der Waals surface area contributed by atoms with Crippen LogP contribution >= 0.6 is 0 Å². The zero-order valence-electron chi connectivity index (χ0n) is 19.4. The first-order valence-corrected chi connectivity index (χ1v) is 12.4. The van der Waals surface area contributed by atoms with Gasteiger partial charge in [-0.25, -0.2) is 9.97 Å². The first kappa shape index (κ1) is 20.8. The van der Waals surface area contributed by atoms with E-state index in [1.54, 1.807) is 4.90 Å². The van der Waals surface area contributed by atoms with Gasteiger partial charge in [0.05, 0.1) is 11.7 Å². The highest BCUT2D eigenvalue weighted by molar-refractivity contribution is 6.06. The summed E-state index contributed by atoms with van der Waals surface area (Å²) in [5.41, 5.74) is 4.06. The van der Waals surface area contributed by atoms with E-state index >= 15 is 0 Å². The summed E-state index contributed by atoms with van der Waals surface area (Å²) in [6.45, 7) is 0.572. The second kappa shape index (κ2) is 7.98. The number of anilines is 2. The minimum Gasteiger partial charge on any atom is -0.387 e. The van der Waals surface area contributed by atoms with Crippen LogP contribution in [0.1, 0.15) is 43.0 Å². The van der Waals surface area contributed by atoms with Gasteiger partial charge in [-0.05, 0) is 48.8 Å². The fraction of sp³-hybridized carbons (Fsp3) is 0.423. The van der Waals surface area contributed by atoms with Crippen LogP contribution in [-0.2, 0) is 17.8 Å². The van der Waals surface area contributed by atoms with E-state index in [0.29, 0.717) is 43.2 Å². The summed E-state index contributed by atoms with van der Waals surface area (Å²) in [5, 5.41) is 14.7. The number of rotatable bonds is 4. The monoisotopic (exact) mass is 469 g/mol. The predicted molar refractivity (Wildman–Crippen MR) is 131 cm³/mol. The van der Waals surface area contributed by atoms with Crippen molar-refractivity contribution in [1.29, 1.82) is 0 Å². The van der Waals surface area contributed by atoms with E-state index in [4.69, 9.17) is 15.1 Å². The number of nitrogens with one attached hydrogen (secondary N) is 1. The number of aromatic nitrogens is 5. The van der Waals surface area contributed by atoms with E-state index in [-0.39, 0.29) is 5.91 Å². The number of carbonyl (C=O) groups excluding carboxylic acids is 1. The van der Waals surface area contributed by atoms with Crippen molar-refractivity contribution in [3.8, 4) is 0 Å². The summed E-state index contributed by atoms with van der Waals surface area (Å²) in [6, 6.07) is 6.41. The molecule has 9 heteroatoms. The van der Waals surface area contributed by atoms with Gasteiger partial charge in [-0.1, -0.05) is 12.5 Å². The number of hydrogen-bond acceptors (Lipinski definition) is 7. The third kappa shape index (κ3) is 3.36. The lowest BCUT2D eigenvalue weighted by Crippen LogP contribution is -2.37. The largest absolute Gasteiger partial charge is 0.387 e. The fourth-order valence-electron chi connectivity index (χ4n) is 6.50. The van der Waals surface area contributed by atoms with Crippen molar-refractivity contribution in [2.45, 2.75) is 44.7 Å². The van der Waals surface area contributed by atoms with Gasteiger partial charge in [0.1, 0.15) is 18.1 Å². The van der Waals surface area contributed by atoms with Gasteiger partial charge < -0.3 is 19.9 Å². The Morgan fingerprint density at radius 3 is 2.89 bits per heavy atom. The van der Waals surface area contributed by atoms with Gasteiger partial charge in [0.2, 0.25) is 11.9 Å². The molecule has 0 saturated heterocycles. The molecule has 2 saturated carbocycles. The molecule has 35 heavy (non-hydrogen) atoms. The molecule has 2 bridgehead atoms. The highest BCUT2D eigenvalue weighted by atomic mass is 16.3. The van der Waals surface area contributed by atoms with Crippen LogP contribution in [-0.4, -0.2) is 53.6 Å². The highest BCUT2D eigenvalue weighted by Crippen LogP contribution is 2.52. The van der Waals surface area contributed by atoms with E-state index in [1.807, 2.05) is 30.7 Å². The molecule has 3 atom stereocenters. The van der Waals surface area contributed by atoms with Crippen LogP contribution in [0, 0.1) is 11.8 Å². The van der Waals surface area contributed by atoms with Crippen molar-refractivity contribution in [3.63, 3.8) is 0 Å². The molecule has 178 valence electrons. The molecule has 1 amide bonds. The van der Waals surface area contributed by atoms with Gasteiger partial charge in [0, 0.05) is 54.4 Å². The molecule has 2 aliphatic carbocycles. The number of carbonyl (C=O) groups is 1. The van der Waals surface area contributed by atoms with Crippen LogP contribution in [0.25, 0.3) is 21.9 Å². The maximum Gasteiger partial charge on any atom is 0.248 e. The number of fused-ring (bicyclic) bond motifs is 6. The SMILES string of the molecule is O=C(CO)N1CCc2nc(Nc3ncc4c5ccncc5n(C5CC6CC[C@@H]5C6)c4n3)ccc2C1. The van der Waals surface area contributed by atoms with Gasteiger partial charge >= 0.3 is 0 Å². The molecule has 3 aliphatic rings. The third-order valence-corrected chi connectivity index (χ3v) is 8.16. The Kier molecular flexibility index (Phi) is 4.73. The smallest absolute Gasteiger partial charge is 0.248 e. The lowest BCUT2D eigenvalue weighted by Gasteiger charge is -2.28. The topological polar surface area (TPSA) is 109 Å². The van der Waals surface area contributed by atoms with Crippen LogP contribution in [0.4, 0.5) is 11.8 Å². The van der Waals surface area contributed by atoms with E-state index < -0.39 is 6.61 Å². The number of aliphatic hydroxyl groups is 1. The average Bonchev–Trinajstić information content (AvgIpc) is 3.60. The zero-order chi connectivity index (χ0) is 23.5.